The number of rotatable bonds is 3. The van der Waals surface area contributed by atoms with Crippen LogP contribution in [0, 0.1) is 0 Å². The molecule has 0 spiro atoms. The molecule has 3 rings (SSSR count). The van der Waals surface area contributed by atoms with Crippen molar-refractivity contribution in [3.8, 4) is 0 Å². The van der Waals surface area contributed by atoms with Crippen LogP contribution in [0.3, 0.4) is 0 Å². The van der Waals surface area contributed by atoms with Gasteiger partial charge in [-0.2, -0.15) is 4.99 Å². The lowest BCUT2D eigenvalue weighted by atomic mass is 10.3. The maximum Gasteiger partial charge on any atom is 0.289 e. The molecule has 0 atom stereocenters. The highest BCUT2D eigenvalue weighted by molar-refractivity contribution is 9.11. The van der Waals surface area contributed by atoms with Crippen LogP contribution in [-0.2, 0) is 6.54 Å². The monoisotopic (exact) mass is 456 g/mol. The Labute approximate surface area is 151 Å². The topological polar surface area (TPSA) is 34.4 Å². The van der Waals surface area contributed by atoms with Crippen molar-refractivity contribution >= 4 is 70.7 Å². The molecule has 2 heterocycles. The smallest absolute Gasteiger partial charge is 0.289 e. The molecule has 0 N–H and O–H groups in total. The minimum Gasteiger partial charge on any atom is -0.312 e. The average molecular weight is 458 g/mol. The van der Waals surface area contributed by atoms with E-state index < -0.39 is 0 Å². The maximum absolute atomic E-state index is 12.3. The Bertz CT molecular complexity index is 937. The van der Waals surface area contributed by atoms with Crippen LogP contribution in [0.5, 0.6) is 0 Å². The third-order valence-electron chi connectivity index (χ3n) is 2.94. The number of fused-ring (bicyclic) bond motifs is 1. The first-order valence-corrected chi connectivity index (χ1v) is 9.54. The van der Waals surface area contributed by atoms with E-state index >= 15 is 0 Å². The van der Waals surface area contributed by atoms with Crippen LogP contribution in [0.25, 0.3) is 10.2 Å². The van der Waals surface area contributed by atoms with Crippen LogP contribution in [0.2, 0.25) is 0 Å². The fraction of sp³-hybridized carbons (Fsp3) is 0.0667. The first-order chi connectivity index (χ1) is 10.6. The summed E-state index contributed by atoms with van der Waals surface area (Å²) in [5, 5.41) is 0. The Morgan fingerprint density at radius 3 is 2.77 bits per heavy atom. The number of amides is 1. The van der Waals surface area contributed by atoms with E-state index in [1.807, 2.05) is 28.8 Å². The largest absolute Gasteiger partial charge is 0.312 e. The number of allylic oxidation sites excluding steroid dienone is 1. The molecule has 0 unspecified atom stereocenters. The Balaban J connectivity index is 2.16. The summed E-state index contributed by atoms with van der Waals surface area (Å²) < 4.78 is 5.01. The van der Waals surface area contributed by atoms with Crippen molar-refractivity contribution in [1.29, 1.82) is 0 Å². The summed E-state index contributed by atoms with van der Waals surface area (Å²) in [5.74, 6) is -0.223. The SMILES string of the molecule is C=CCn1c(=NC(=O)c2ccc(Br)s2)sc2cc(Br)ccc21. The second kappa shape index (κ2) is 6.62. The van der Waals surface area contributed by atoms with E-state index in [1.54, 1.807) is 12.1 Å². The molecule has 1 amide bonds. The number of nitrogens with zero attached hydrogens (tertiary/aromatic N) is 2. The molecule has 3 nitrogen and oxygen atoms in total. The minimum absolute atomic E-state index is 0.223. The number of thiazole rings is 1. The van der Waals surface area contributed by atoms with Gasteiger partial charge in [0.05, 0.1) is 18.9 Å². The van der Waals surface area contributed by atoms with Gasteiger partial charge in [0.2, 0.25) is 0 Å². The van der Waals surface area contributed by atoms with E-state index in [1.165, 1.54) is 22.7 Å². The number of thiophene rings is 1. The number of carbonyl (C=O) groups excluding carboxylic acids is 1. The molecule has 0 aliphatic rings. The average Bonchev–Trinajstić information content (AvgIpc) is 3.04. The van der Waals surface area contributed by atoms with Crippen molar-refractivity contribution in [2.45, 2.75) is 6.54 Å². The number of hydrogen-bond donors (Lipinski definition) is 0. The lowest BCUT2D eigenvalue weighted by Crippen LogP contribution is -2.15. The molecule has 0 saturated heterocycles. The van der Waals surface area contributed by atoms with Crippen molar-refractivity contribution in [3.05, 3.63) is 60.9 Å². The Hall–Kier alpha value is -1.02. The maximum atomic E-state index is 12.3. The lowest BCUT2D eigenvalue weighted by Gasteiger charge is -2.00. The van der Waals surface area contributed by atoms with Crippen molar-refractivity contribution in [3.63, 3.8) is 0 Å². The quantitative estimate of drug-likeness (QED) is 0.496. The fourth-order valence-corrected chi connectivity index (χ4v) is 4.87. The van der Waals surface area contributed by atoms with Crippen LogP contribution in [-0.4, -0.2) is 10.5 Å². The van der Waals surface area contributed by atoms with E-state index in [9.17, 15) is 4.79 Å². The number of aromatic nitrogens is 1. The highest BCUT2D eigenvalue weighted by atomic mass is 79.9. The second-order valence-electron chi connectivity index (χ2n) is 4.42. The summed E-state index contributed by atoms with van der Waals surface area (Å²) in [6.45, 7) is 4.40. The Morgan fingerprint density at radius 1 is 1.27 bits per heavy atom. The molecule has 112 valence electrons. The summed E-state index contributed by atoms with van der Waals surface area (Å²) in [6, 6.07) is 9.67. The summed E-state index contributed by atoms with van der Waals surface area (Å²) in [7, 11) is 0. The standard InChI is InChI=1S/C15H10Br2N2OS2/c1-2-7-19-10-4-3-9(16)8-12(10)22-15(19)18-14(20)11-5-6-13(17)21-11/h2-6,8H,1,7H2. The van der Waals surface area contributed by atoms with Gasteiger partial charge in [-0.25, -0.2) is 0 Å². The van der Waals surface area contributed by atoms with E-state index in [0.717, 1.165) is 18.5 Å². The van der Waals surface area contributed by atoms with Gasteiger partial charge in [-0.05, 0) is 46.3 Å². The predicted molar refractivity (Wildman–Crippen MR) is 99.6 cm³/mol. The van der Waals surface area contributed by atoms with Gasteiger partial charge in [0, 0.05) is 11.0 Å². The number of halogens is 2. The predicted octanol–water partition coefficient (Wildman–Crippen LogP) is 5.22. The van der Waals surface area contributed by atoms with Gasteiger partial charge in [-0.15, -0.1) is 17.9 Å². The van der Waals surface area contributed by atoms with Crippen molar-refractivity contribution in [1.82, 2.24) is 4.57 Å². The molecular formula is C15H10Br2N2OS2. The zero-order valence-electron chi connectivity index (χ0n) is 11.3. The van der Waals surface area contributed by atoms with Gasteiger partial charge in [0.25, 0.3) is 5.91 Å². The van der Waals surface area contributed by atoms with Gasteiger partial charge in [0.1, 0.15) is 0 Å². The summed E-state index contributed by atoms with van der Waals surface area (Å²) >= 11 is 9.72. The van der Waals surface area contributed by atoms with E-state index in [-0.39, 0.29) is 5.91 Å². The Kier molecular flexibility index (Phi) is 4.77. The van der Waals surface area contributed by atoms with Crippen molar-refractivity contribution < 1.29 is 4.79 Å². The summed E-state index contributed by atoms with van der Waals surface area (Å²) in [5.41, 5.74) is 1.05. The van der Waals surface area contributed by atoms with Gasteiger partial charge in [0.15, 0.2) is 4.80 Å². The van der Waals surface area contributed by atoms with Crippen LogP contribution in [0.4, 0.5) is 0 Å². The van der Waals surface area contributed by atoms with Crippen molar-refractivity contribution in [2.75, 3.05) is 0 Å². The van der Waals surface area contributed by atoms with Gasteiger partial charge < -0.3 is 4.57 Å². The molecule has 0 bridgehead atoms. The molecule has 3 aromatic rings. The third-order valence-corrected chi connectivity index (χ3v) is 6.08. The first kappa shape index (κ1) is 15.9. The third kappa shape index (κ3) is 3.17. The van der Waals surface area contributed by atoms with Crippen LogP contribution in [0.1, 0.15) is 9.67 Å². The van der Waals surface area contributed by atoms with Gasteiger partial charge in [-0.1, -0.05) is 33.3 Å². The summed E-state index contributed by atoms with van der Waals surface area (Å²) in [4.78, 5) is 17.9. The molecule has 22 heavy (non-hydrogen) atoms. The molecule has 0 fully saturated rings. The molecule has 0 aliphatic heterocycles. The molecule has 0 saturated carbocycles. The molecule has 2 aromatic heterocycles. The molecule has 0 aliphatic carbocycles. The number of carbonyl (C=O) groups is 1. The second-order valence-corrected chi connectivity index (χ2v) is 8.80. The number of hydrogen-bond acceptors (Lipinski definition) is 3. The highest BCUT2D eigenvalue weighted by Gasteiger charge is 2.10. The molecular weight excluding hydrogens is 448 g/mol. The van der Waals surface area contributed by atoms with E-state index in [4.69, 9.17) is 0 Å². The lowest BCUT2D eigenvalue weighted by molar-refractivity contribution is 0.100. The van der Waals surface area contributed by atoms with Crippen LogP contribution >= 0.6 is 54.5 Å². The van der Waals surface area contributed by atoms with E-state index in [2.05, 4.69) is 43.4 Å². The Morgan fingerprint density at radius 2 is 2.09 bits per heavy atom. The molecule has 1 aromatic carbocycles. The van der Waals surface area contributed by atoms with Gasteiger partial charge in [-0.3, -0.25) is 4.79 Å². The minimum atomic E-state index is -0.223. The van der Waals surface area contributed by atoms with Gasteiger partial charge >= 0.3 is 0 Å². The van der Waals surface area contributed by atoms with Crippen molar-refractivity contribution in [2.24, 2.45) is 4.99 Å². The first-order valence-electron chi connectivity index (χ1n) is 6.32. The molecule has 0 radical (unpaired) electrons. The zero-order valence-corrected chi connectivity index (χ0v) is 16.1. The highest BCUT2D eigenvalue weighted by Crippen LogP contribution is 2.24. The number of benzene rings is 1. The summed E-state index contributed by atoms with van der Waals surface area (Å²) in [6.07, 6.45) is 1.80. The van der Waals surface area contributed by atoms with Crippen LogP contribution in [0.15, 0.2) is 56.2 Å². The molecule has 7 heteroatoms. The van der Waals surface area contributed by atoms with E-state index in [0.29, 0.717) is 16.2 Å². The normalized spacial score (nSPS) is 12.0. The zero-order chi connectivity index (χ0) is 15.7. The van der Waals surface area contributed by atoms with Crippen LogP contribution < -0.4 is 4.80 Å². The fourth-order valence-electron chi connectivity index (χ4n) is 2.01.